The monoisotopic (exact) mass is 244 g/mol. The minimum Gasteiger partial charge on any atom is -0.490 e. The van der Waals surface area contributed by atoms with Gasteiger partial charge in [-0.25, -0.2) is 0 Å². The Balaban J connectivity index is 2.24. The second-order valence-corrected chi connectivity index (χ2v) is 4.43. The maximum Gasteiger partial charge on any atom is 0.163 e. The van der Waals surface area contributed by atoms with Crippen molar-refractivity contribution in [2.24, 2.45) is 0 Å². The Morgan fingerprint density at radius 3 is 2.56 bits per heavy atom. The normalized spacial score (nSPS) is 14.3. The lowest BCUT2D eigenvalue weighted by molar-refractivity contribution is 0.297. The summed E-state index contributed by atoms with van der Waals surface area (Å²) < 4.78 is 11.4. The van der Waals surface area contributed by atoms with Gasteiger partial charge in [0.25, 0.3) is 0 Å². The molecule has 0 fully saturated rings. The van der Waals surface area contributed by atoms with Gasteiger partial charge in [-0.05, 0) is 19.1 Å². The number of anilines is 1. The first-order valence-corrected chi connectivity index (χ1v) is 6.16. The Hall–Kier alpha value is -1.97. The summed E-state index contributed by atoms with van der Waals surface area (Å²) in [6.07, 6.45) is 0.913. The van der Waals surface area contributed by atoms with Crippen LogP contribution >= 0.6 is 0 Å². The van der Waals surface area contributed by atoms with Gasteiger partial charge in [-0.15, -0.1) is 0 Å². The maximum atomic E-state index is 5.71. The van der Waals surface area contributed by atoms with Gasteiger partial charge in [0.15, 0.2) is 11.5 Å². The third kappa shape index (κ3) is 1.83. The van der Waals surface area contributed by atoms with E-state index in [0.717, 1.165) is 40.2 Å². The molecular formula is C14H16N2O2. The second kappa shape index (κ2) is 4.37. The van der Waals surface area contributed by atoms with Gasteiger partial charge in [0.05, 0.1) is 18.7 Å². The molecule has 1 aromatic heterocycles. The quantitative estimate of drug-likeness (QED) is 0.837. The molecule has 0 saturated carbocycles. The van der Waals surface area contributed by atoms with E-state index in [1.54, 1.807) is 0 Å². The zero-order chi connectivity index (χ0) is 12.5. The summed E-state index contributed by atoms with van der Waals surface area (Å²) in [4.78, 5) is 4.55. The van der Waals surface area contributed by atoms with Crippen molar-refractivity contribution in [3.05, 3.63) is 23.9 Å². The molecule has 18 heavy (non-hydrogen) atoms. The van der Waals surface area contributed by atoms with Crippen molar-refractivity contribution < 1.29 is 9.47 Å². The number of hydrogen-bond donors (Lipinski definition) is 1. The Labute approximate surface area is 106 Å². The van der Waals surface area contributed by atoms with Crippen LogP contribution in [0.3, 0.4) is 0 Å². The van der Waals surface area contributed by atoms with Crippen LogP contribution in [0.15, 0.2) is 18.2 Å². The summed E-state index contributed by atoms with van der Waals surface area (Å²) in [5.74, 6) is 1.60. The predicted molar refractivity (Wildman–Crippen MR) is 71.6 cm³/mol. The highest BCUT2D eigenvalue weighted by atomic mass is 16.5. The summed E-state index contributed by atoms with van der Waals surface area (Å²) in [6.45, 7) is 3.39. The highest BCUT2D eigenvalue weighted by molar-refractivity contribution is 5.93. The molecule has 0 bridgehead atoms. The van der Waals surface area contributed by atoms with Crippen LogP contribution in [-0.4, -0.2) is 25.2 Å². The van der Waals surface area contributed by atoms with E-state index in [-0.39, 0.29) is 0 Å². The summed E-state index contributed by atoms with van der Waals surface area (Å²) in [6, 6.07) is 6.00. The second-order valence-electron chi connectivity index (χ2n) is 4.43. The van der Waals surface area contributed by atoms with Crippen molar-refractivity contribution in [1.29, 1.82) is 0 Å². The van der Waals surface area contributed by atoms with Gasteiger partial charge in [0.1, 0.15) is 0 Å². The molecule has 1 aliphatic rings. The first kappa shape index (κ1) is 11.1. The summed E-state index contributed by atoms with van der Waals surface area (Å²) in [5, 5.41) is 4.26. The lowest BCUT2D eigenvalue weighted by Gasteiger charge is -2.12. The number of fused-ring (bicyclic) bond motifs is 2. The van der Waals surface area contributed by atoms with E-state index in [4.69, 9.17) is 9.47 Å². The van der Waals surface area contributed by atoms with Crippen LogP contribution in [0.5, 0.6) is 11.5 Å². The van der Waals surface area contributed by atoms with Gasteiger partial charge < -0.3 is 14.8 Å². The summed E-state index contributed by atoms with van der Waals surface area (Å²) in [5.41, 5.74) is 2.98. The molecule has 0 atom stereocenters. The molecule has 4 heteroatoms. The third-order valence-electron chi connectivity index (χ3n) is 3.08. The molecule has 0 unspecified atom stereocenters. The fourth-order valence-electron chi connectivity index (χ4n) is 2.22. The van der Waals surface area contributed by atoms with Crippen LogP contribution in [0.25, 0.3) is 10.9 Å². The van der Waals surface area contributed by atoms with E-state index in [1.807, 2.05) is 32.2 Å². The minimum absolute atomic E-state index is 0.698. The fourth-order valence-corrected chi connectivity index (χ4v) is 2.22. The van der Waals surface area contributed by atoms with Crippen molar-refractivity contribution in [2.45, 2.75) is 13.3 Å². The largest absolute Gasteiger partial charge is 0.490 e. The summed E-state index contributed by atoms with van der Waals surface area (Å²) >= 11 is 0. The number of ether oxygens (including phenoxy) is 2. The molecule has 0 spiro atoms. The molecule has 2 heterocycles. The van der Waals surface area contributed by atoms with Gasteiger partial charge in [-0.3, -0.25) is 4.98 Å². The molecule has 1 aliphatic heterocycles. The van der Waals surface area contributed by atoms with E-state index in [9.17, 15) is 0 Å². The van der Waals surface area contributed by atoms with Crippen LogP contribution in [-0.2, 0) is 0 Å². The zero-order valence-corrected chi connectivity index (χ0v) is 10.6. The number of nitrogens with zero attached hydrogens (tertiary/aromatic N) is 1. The SMILES string of the molecule is CNc1cc(C)nc2cc3c(cc12)OCCCO3. The van der Waals surface area contributed by atoms with Crippen molar-refractivity contribution in [3.63, 3.8) is 0 Å². The van der Waals surface area contributed by atoms with Crippen molar-refractivity contribution in [1.82, 2.24) is 4.98 Å². The van der Waals surface area contributed by atoms with Gasteiger partial charge in [0, 0.05) is 36.3 Å². The molecule has 94 valence electrons. The van der Waals surface area contributed by atoms with Crippen molar-refractivity contribution in [3.8, 4) is 11.5 Å². The number of aryl methyl sites for hydroxylation is 1. The molecule has 4 nitrogen and oxygen atoms in total. The van der Waals surface area contributed by atoms with E-state index < -0.39 is 0 Å². The molecule has 2 aromatic rings. The number of nitrogens with one attached hydrogen (secondary N) is 1. The number of aromatic nitrogens is 1. The number of benzene rings is 1. The zero-order valence-electron chi connectivity index (χ0n) is 10.6. The Bertz CT molecular complexity index is 596. The smallest absolute Gasteiger partial charge is 0.163 e. The standard InChI is InChI=1S/C14H16N2O2/c1-9-6-11(15-2)10-7-13-14(8-12(10)16-9)18-5-3-4-17-13/h6-8H,3-5H2,1-2H3,(H,15,16). The van der Waals surface area contributed by atoms with Crippen LogP contribution < -0.4 is 14.8 Å². The van der Waals surface area contributed by atoms with Gasteiger partial charge in [-0.1, -0.05) is 0 Å². The van der Waals surface area contributed by atoms with Gasteiger partial charge in [-0.2, -0.15) is 0 Å². The Morgan fingerprint density at radius 2 is 1.83 bits per heavy atom. The predicted octanol–water partition coefficient (Wildman–Crippen LogP) is 2.75. The highest BCUT2D eigenvalue weighted by Gasteiger charge is 2.14. The number of pyridine rings is 1. The molecule has 0 amide bonds. The first-order valence-electron chi connectivity index (χ1n) is 6.16. The van der Waals surface area contributed by atoms with E-state index in [0.29, 0.717) is 13.2 Å². The third-order valence-corrected chi connectivity index (χ3v) is 3.08. The molecule has 0 radical (unpaired) electrons. The molecule has 1 N–H and O–H groups in total. The molecular weight excluding hydrogens is 228 g/mol. The van der Waals surface area contributed by atoms with Gasteiger partial charge in [0.2, 0.25) is 0 Å². The Morgan fingerprint density at radius 1 is 1.11 bits per heavy atom. The lowest BCUT2D eigenvalue weighted by atomic mass is 10.1. The highest BCUT2D eigenvalue weighted by Crippen LogP contribution is 2.36. The molecule has 1 aromatic carbocycles. The van der Waals surface area contributed by atoms with Crippen LogP contribution in [0.1, 0.15) is 12.1 Å². The van der Waals surface area contributed by atoms with Crippen molar-refractivity contribution >= 4 is 16.6 Å². The van der Waals surface area contributed by atoms with Crippen molar-refractivity contribution in [2.75, 3.05) is 25.6 Å². The molecule has 0 aliphatic carbocycles. The molecule has 3 rings (SSSR count). The average molecular weight is 244 g/mol. The number of rotatable bonds is 1. The van der Waals surface area contributed by atoms with Crippen LogP contribution in [0.4, 0.5) is 5.69 Å². The van der Waals surface area contributed by atoms with Crippen LogP contribution in [0, 0.1) is 6.92 Å². The maximum absolute atomic E-state index is 5.71. The fraction of sp³-hybridized carbons (Fsp3) is 0.357. The van der Waals surface area contributed by atoms with E-state index in [1.165, 1.54) is 0 Å². The number of hydrogen-bond acceptors (Lipinski definition) is 4. The topological polar surface area (TPSA) is 43.4 Å². The average Bonchev–Trinajstić information content (AvgIpc) is 2.60. The first-order chi connectivity index (χ1) is 8.78. The van der Waals surface area contributed by atoms with Gasteiger partial charge >= 0.3 is 0 Å². The summed E-state index contributed by atoms with van der Waals surface area (Å²) in [7, 11) is 1.91. The Kier molecular flexibility index (Phi) is 2.70. The lowest BCUT2D eigenvalue weighted by Crippen LogP contribution is -1.97. The van der Waals surface area contributed by atoms with E-state index in [2.05, 4.69) is 10.3 Å². The minimum atomic E-state index is 0.698. The van der Waals surface area contributed by atoms with E-state index >= 15 is 0 Å². The van der Waals surface area contributed by atoms with Crippen LogP contribution in [0.2, 0.25) is 0 Å². The molecule has 0 saturated heterocycles.